The molecule has 11 nitrogen and oxygen atoms in total. The highest BCUT2D eigenvalue weighted by Gasteiger charge is 2.42. The number of H-pyrrole nitrogens is 1. The molecule has 5 rings (SSSR count). The maximum absolute atomic E-state index is 13.7. The number of aromatic nitrogens is 5. The largest absolute Gasteiger partial charge is 0.393 e. The summed E-state index contributed by atoms with van der Waals surface area (Å²) in [4.78, 5) is 33.9. The molecule has 3 aromatic heterocycles. The molecule has 1 aromatic carbocycles. The van der Waals surface area contributed by atoms with E-state index in [9.17, 15) is 14.3 Å². The lowest BCUT2D eigenvalue weighted by Crippen LogP contribution is -2.46. The zero-order valence-electron chi connectivity index (χ0n) is 22.6. The van der Waals surface area contributed by atoms with E-state index in [2.05, 4.69) is 25.3 Å². The van der Waals surface area contributed by atoms with Crippen molar-refractivity contribution < 1.29 is 23.8 Å². The molecule has 212 valence electrons. The van der Waals surface area contributed by atoms with Gasteiger partial charge >= 0.3 is 0 Å². The Kier molecular flexibility index (Phi) is 8.24. The first-order chi connectivity index (χ1) is 19.7. The van der Waals surface area contributed by atoms with Crippen molar-refractivity contribution in [1.82, 2.24) is 24.9 Å². The highest BCUT2D eigenvalue weighted by Crippen LogP contribution is 2.36. The molecule has 0 spiro atoms. The number of halogens is 1. The molecule has 1 unspecified atom stereocenters. The van der Waals surface area contributed by atoms with E-state index in [4.69, 9.17) is 19.9 Å². The highest BCUT2D eigenvalue weighted by molar-refractivity contribution is 6.40. The predicted molar refractivity (Wildman–Crippen MR) is 148 cm³/mol. The van der Waals surface area contributed by atoms with Gasteiger partial charge in [-0.1, -0.05) is 6.07 Å². The van der Waals surface area contributed by atoms with E-state index in [1.54, 1.807) is 43.7 Å². The van der Waals surface area contributed by atoms with Gasteiger partial charge in [0, 0.05) is 37.1 Å². The van der Waals surface area contributed by atoms with E-state index in [0.29, 0.717) is 41.0 Å². The second kappa shape index (κ2) is 12.0. The second-order valence-corrected chi connectivity index (χ2v) is 10.2. The lowest BCUT2D eigenvalue weighted by atomic mass is 9.83. The van der Waals surface area contributed by atoms with Crippen LogP contribution < -0.4 is 5.32 Å². The Morgan fingerprint density at radius 1 is 1.20 bits per heavy atom. The van der Waals surface area contributed by atoms with Gasteiger partial charge in [-0.2, -0.15) is 0 Å². The number of benzene rings is 1. The first-order valence-corrected chi connectivity index (χ1v) is 13.1. The minimum absolute atomic E-state index is 0.00345. The Balaban J connectivity index is 1.40. The normalized spacial score (nSPS) is 19.5. The van der Waals surface area contributed by atoms with Crippen LogP contribution in [0.3, 0.4) is 0 Å². The number of aromatic amines is 1. The summed E-state index contributed by atoms with van der Waals surface area (Å²) in [7, 11) is 0. The predicted octanol–water partition coefficient (Wildman–Crippen LogP) is 4.09. The zero-order chi connectivity index (χ0) is 29.0. The Hall–Kier alpha value is -4.39. The zero-order valence-corrected chi connectivity index (χ0v) is 22.6. The molecule has 4 aromatic rings. The molecule has 4 heterocycles. The average molecular weight is 560 g/mol. The molecule has 0 aliphatic carbocycles. The van der Waals surface area contributed by atoms with Crippen LogP contribution in [0.4, 0.5) is 10.3 Å². The molecule has 1 aliphatic heterocycles. The number of imidazole rings is 1. The smallest absolute Gasteiger partial charge is 0.223 e. The Morgan fingerprint density at radius 2 is 1.95 bits per heavy atom. The summed E-state index contributed by atoms with van der Waals surface area (Å²) in [5, 5.41) is 20.8. The minimum Gasteiger partial charge on any atom is -0.393 e. The SMILES string of the molecule is CC(O)CC(=N)C(=O)C1(C)COC(c2nc(-c3ccc(F)cc3)c(-c3ccnc(NCc4cccnc4)n3)[nH]2)OC1. The summed E-state index contributed by atoms with van der Waals surface area (Å²) in [6, 6.07) is 11.5. The molecule has 0 radical (unpaired) electrons. The molecule has 41 heavy (non-hydrogen) atoms. The maximum Gasteiger partial charge on any atom is 0.223 e. The van der Waals surface area contributed by atoms with Crippen LogP contribution in [0.2, 0.25) is 0 Å². The number of carbonyl (C=O) groups is 1. The summed E-state index contributed by atoms with van der Waals surface area (Å²) in [5.41, 5.74) is 1.96. The van der Waals surface area contributed by atoms with Crippen LogP contribution in [0, 0.1) is 16.6 Å². The lowest BCUT2D eigenvalue weighted by Gasteiger charge is -2.35. The van der Waals surface area contributed by atoms with Gasteiger partial charge in [-0.15, -0.1) is 0 Å². The number of carbonyl (C=O) groups excluding carboxylic acids is 1. The van der Waals surface area contributed by atoms with Crippen LogP contribution >= 0.6 is 0 Å². The van der Waals surface area contributed by atoms with Crippen molar-refractivity contribution in [1.29, 1.82) is 5.41 Å². The summed E-state index contributed by atoms with van der Waals surface area (Å²) < 4.78 is 25.5. The number of rotatable bonds is 10. The summed E-state index contributed by atoms with van der Waals surface area (Å²) in [6.45, 7) is 3.67. The number of ketones is 1. The molecule has 0 bridgehead atoms. The van der Waals surface area contributed by atoms with Gasteiger partial charge in [0.1, 0.15) is 5.82 Å². The summed E-state index contributed by atoms with van der Waals surface area (Å²) in [6.07, 6.45) is 3.32. The summed E-state index contributed by atoms with van der Waals surface area (Å²) in [5.74, 6) is -0.0710. The third kappa shape index (κ3) is 6.51. The van der Waals surface area contributed by atoms with Crippen LogP contribution in [0.25, 0.3) is 22.6 Å². The van der Waals surface area contributed by atoms with E-state index in [0.717, 1.165) is 5.56 Å². The fourth-order valence-corrected chi connectivity index (χ4v) is 4.42. The van der Waals surface area contributed by atoms with Crippen molar-refractivity contribution in [2.45, 2.75) is 39.2 Å². The van der Waals surface area contributed by atoms with Gasteiger partial charge < -0.3 is 30.3 Å². The quantitative estimate of drug-likeness (QED) is 0.210. The fourth-order valence-electron chi connectivity index (χ4n) is 4.42. The van der Waals surface area contributed by atoms with E-state index < -0.39 is 23.6 Å². The topological polar surface area (TPSA) is 159 Å². The number of aliphatic hydroxyl groups is 1. The van der Waals surface area contributed by atoms with Gasteiger partial charge in [0.05, 0.1) is 47.5 Å². The van der Waals surface area contributed by atoms with Crippen molar-refractivity contribution in [3.05, 3.63) is 78.3 Å². The van der Waals surface area contributed by atoms with Crippen molar-refractivity contribution in [3.63, 3.8) is 0 Å². The first-order valence-electron chi connectivity index (χ1n) is 13.1. The Bertz CT molecular complexity index is 1520. The molecule has 1 atom stereocenters. The number of hydrogen-bond acceptors (Lipinski definition) is 10. The van der Waals surface area contributed by atoms with Crippen LogP contribution in [0.5, 0.6) is 0 Å². The average Bonchev–Trinajstić information content (AvgIpc) is 3.42. The third-order valence-electron chi connectivity index (χ3n) is 6.58. The van der Waals surface area contributed by atoms with Crippen LogP contribution in [0.15, 0.2) is 61.1 Å². The van der Waals surface area contributed by atoms with Crippen molar-refractivity contribution in [2.75, 3.05) is 18.5 Å². The number of ether oxygens (including phenoxy) is 2. The molecule has 0 saturated carbocycles. The minimum atomic E-state index is -1.07. The lowest BCUT2D eigenvalue weighted by molar-refractivity contribution is -0.228. The molecule has 12 heteroatoms. The molecule has 4 N–H and O–H groups in total. The van der Waals surface area contributed by atoms with E-state index in [1.165, 1.54) is 19.1 Å². The standard InChI is InChI=1S/C29H30FN7O4/c1-17(38)12-21(31)25(39)29(2)15-40-27(41-16-29)26-36-23(19-5-7-20(30)8-6-19)24(37-26)22-9-11-33-28(35-22)34-14-18-4-3-10-32-13-18/h3-11,13,17,27,31,38H,12,14-16H2,1-2H3,(H,36,37)(H,33,34,35). The van der Waals surface area contributed by atoms with Crippen LogP contribution in [-0.4, -0.2) is 60.8 Å². The van der Waals surface area contributed by atoms with Gasteiger partial charge in [-0.3, -0.25) is 9.78 Å². The number of nitrogens with zero attached hydrogens (tertiary/aromatic N) is 4. The molecule has 0 amide bonds. The number of Topliss-reactive ketones (excluding diaryl/α,β-unsaturated/α-hetero) is 1. The van der Waals surface area contributed by atoms with Crippen molar-refractivity contribution >= 4 is 17.4 Å². The van der Waals surface area contributed by atoms with Gasteiger partial charge in [0.25, 0.3) is 0 Å². The number of hydrogen-bond donors (Lipinski definition) is 4. The van der Waals surface area contributed by atoms with Gasteiger partial charge in [-0.05, 0) is 55.8 Å². The van der Waals surface area contributed by atoms with E-state index >= 15 is 0 Å². The molecule has 1 aliphatic rings. The van der Waals surface area contributed by atoms with Gasteiger partial charge in [0.15, 0.2) is 11.6 Å². The molecular weight excluding hydrogens is 529 g/mol. The first kappa shape index (κ1) is 28.1. The molecule has 1 fully saturated rings. The van der Waals surface area contributed by atoms with Crippen LogP contribution in [0.1, 0.15) is 37.9 Å². The molecular formula is C29H30FN7O4. The fraction of sp³-hybridized carbons (Fsp3) is 0.310. The Labute approximate surface area is 235 Å². The van der Waals surface area contributed by atoms with Crippen molar-refractivity contribution in [3.8, 4) is 22.6 Å². The maximum atomic E-state index is 13.7. The highest BCUT2D eigenvalue weighted by atomic mass is 19.1. The van der Waals surface area contributed by atoms with E-state index in [1.807, 2.05) is 12.1 Å². The Morgan fingerprint density at radius 3 is 2.63 bits per heavy atom. The van der Waals surface area contributed by atoms with Crippen molar-refractivity contribution in [2.24, 2.45) is 5.41 Å². The number of anilines is 1. The van der Waals surface area contributed by atoms with Gasteiger partial charge in [-0.25, -0.2) is 19.3 Å². The third-order valence-corrected chi connectivity index (χ3v) is 6.58. The number of aliphatic hydroxyl groups excluding tert-OH is 1. The number of pyridine rings is 1. The second-order valence-electron chi connectivity index (χ2n) is 10.2. The number of nitrogens with one attached hydrogen (secondary N) is 3. The van der Waals surface area contributed by atoms with Gasteiger partial charge in [0.2, 0.25) is 12.2 Å². The van der Waals surface area contributed by atoms with Crippen LogP contribution in [-0.2, 0) is 20.8 Å². The van der Waals surface area contributed by atoms with E-state index in [-0.39, 0.29) is 31.2 Å². The molecule has 1 saturated heterocycles. The summed E-state index contributed by atoms with van der Waals surface area (Å²) >= 11 is 0. The monoisotopic (exact) mass is 559 g/mol.